The van der Waals surface area contributed by atoms with Gasteiger partial charge in [0.15, 0.2) is 0 Å². The van der Waals surface area contributed by atoms with E-state index in [0.717, 1.165) is 17.1 Å². The average molecular weight is 624 g/mol. The van der Waals surface area contributed by atoms with Crippen LogP contribution < -0.4 is 4.90 Å². The van der Waals surface area contributed by atoms with Crippen LogP contribution >= 0.6 is 0 Å². The maximum atomic E-state index is 2.44. The van der Waals surface area contributed by atoms with Crippen molar-refractivity contribution >= 4 is 49.4 Å². The fourth-order valence-electron chi connectivity index (χ4n) is 7.30. The Hall–Kier alpha value is -6.44. The van der Waals surface area contributed by atoms with Gasteiger partial charge in [0.1, 0.15) is 0 Å². The molecule has 0 N–H and O–H groups in total. The van der Waals surface area contributed by atoms with Crippen LogP contribution in [0.2, 0.25) is 0 Å². The van der Waals surface area contributed by atoms with E-state index in [4.69, 9.17) is 0 Å². The van der Waals surface area contributed by atoms with Crippen LogP contribution in [0.15, 0.2) is 200 Å². The predicted molar refractivity (Wildman–Crippen MR) is 210 cm³/mol. The van der Waals surface area contributed by atoms with E-state index in [0.29, 0.717) is 0 Å². The number of nitrogens with zero attached hydrogens (tertiary/aromatic N) is 1. The molecule has 1 nitrogen and oxygen atoms in total. The Morgan fingerprint density at radius 2 is 0.816 bits per heavy atom. The molecule has 230 valence electrons. The summed E-state index contributed by atoms with van der Waals surface area (Å²) in [7, 11) is 0. The first-order chi connectivity index (χ1) is 24.3. The minimum atomic E-state index is 1.11. The number of anilines is 3. The highest BCUT2D eigenvalue weighted by molar-refractivity contribution is 6.12. The standard InChI is InChI=1S/C48H33N/c1-2-13-34(14-3-1)35-27-29-38(30-28-35)44-22-8-9-25-47(44)49(48-26-11-17-36-15-5-7-21-43(36)48)40-19-10-18-39(33-40)42-23-12-24-45-41-20-6-4-16-37(41)31-32-46(42)45/h1-33H. The fraction of sp³-hybridized carbons (Fsp3) is 0. The molecule has 0 radical (unpaired) electrons. The maximum Gasteiger partial charge on any atom is 0.0540 e. The number of rotatable bonds is 6. The number of para-hydroxylation sites is 1. The quantitative estimate of drug-likeness (QED) is 0.167. The summed E-state index contributed by atoms with van der Waals surface area (Å²) in [5, 5.41) is 7.50. The SMILES string of the molecule is c1ccc(-c2ccc(-c3ccccc3N(c3cccc(-c4cccc5c4ccc4ccccc45)c3)c3cccc4ccccc34)cc2)cc1. The van der Waals surface area contributed by atoms with Crippen LogP contribution in [-0.2, 0) is 0 Å². The predicted octanol–water partition coefficient (Wildman–Crippen LogP) is 13.6. The average Bonchev–Trinajstić information content (AvgIpc) is 3.18. The van der Waals surface area contributed by atoms with Crippen LogP contribution in [0.5, 0.6) is 0 Å². The van der Waals surface area contributed by atoms with Crippen LogP contribution in [0.3, 0.4) is 0 Å². The normalized spacial score (nSPS) is 11.3. The van der Waals surface area contributed by atoms with E-state index < -0.39 is 0 Å². The van der Waals surface area contributed by atoms with Crippen molar-refractivity contribution in [3.63, 3.8) is 0 Å². The minimum Gasteiger partial charge on any atom is -0.309 e. The smallest absolute Gasteiger partial charge is 0.0540 e. The Labute approximate surface area is 287 Å². The summed E-state index contributed by atoms with van der Waals surface area (Å²) in [4.78, 5) is 2.44. The van der Waals surface area contributed by atoms with E-state index in [-0.39, 0.29) is 0 Å². The van der Waals surface area contributed by atoms with Gasteiger partial charge in [0.05, 0.1) is 11.4 Å². The summed E-state index contributed by atoms with van der Waals surface area (Å²) >= 11 is 0. The Kier molecular flexibility index (Phi) is 7.22. The third-order valence-corrected chi connectivity index (χ3v) is 9.66. The lowest BCUT2D eigenvalue weighted by molar-refractivity contribution is 1.30. The van der Waals surface area contributed by atoms with E-state index in [1.807, 2.05) is 0 Å². The molecule has 0 aliphatic rings. The molecule has 0 aromatic heterocycles. The monoisotopic (exact) mass is 623 g/mol. The van der Waals surface area contributed by atoms with Crippen LogP contribution in [0.4, 0.5) is 17.1 Å². The summed E-state index contributed by atoms with van der Waals surface area (Å²) < 4.78 is 0. The van der Waals surface area contributed by atoms with Crippen molar-refractivity contribution in [1.29, 1.82) is 0 Å². The van der Waals surface area contributed by atoms with Gasteiger partial charge in [-0.25, -0.2) is 0 Å². The highest BCUT2D eigenvalue weighted by Crippen LogP contribution is 2.45. The highest BCUT2D eigenvalue weighted by atomic mass is 15.1. The molecule has 9 rings (SSSR count). The molecule has 0 aliphatic carbocycles. The lowest BCUT2D eigenvalue weighted by Gasteiger charge is -2.29. The third-order valence-electron chi connectivity index (χ3n) is 9.66. The highest BCUT2D eigenvalue weighted by Gasteiger charge is 2.20. The number of hydrogen-bond donors (Lipinski definition) is 0. The van der Waals surface area contributed by atoms with Gasteiger partial charge < -0.3 is 4.90 Å². The first-order valence-electron chi connectivity index (χ1n) is 16.9. The summed E-state index contributed by atoms with van der Waals surface area (Å²) in [6, 6.07) is 72.5. The van der Waals surface area contributed by atoms with Crippen molar-refractivity contribution in [3.05, 3.63) is 200 Å². The first-order valence-corrected chi connectivity index (χ1v) is 16.9. The lowest BCUT2D eigenvalue weighted by atomic mass is 9.94. The van der Waals surface area contributed by atoms with E-state index >= 15 is 0 Å². The second-order valence-electron chi connectivity index (χ2n) is 12.5. The molecule has 0 saturated heterocycles. The number of benzene rings is 9. The zero-order valence-corrected chi connectivity index (χ0v) is 27.0. The van der Waals surface area contributed by atoms with Gasteiger partial charge in [-0.2, -0.15) is 0 Å². The molecule has 0 spiro atoms. The van der Waals surface area contributed by atoms with Crippen LogP contribution in [0, 0.1) is 0 Å². The lowest BCUT2D eigenvalue weighted by Crippen LogP contribution is -2.12. The van der Waals surface area contributed by atoms with Crippen molar-refractivity contribution in [3.8, 4) is 33.4 Å². The zero-order chi connectivity index (χ0) is 32.6. The molecule has 0 atom stereocenters. The van der Waals surface area contributed by atoms with Gasteiger partial charge in [-0.05, 0) is 79.0 Å². The van der Waals surface area contributed by atoms with Crippen molar-refractivity contribution in [2.45, 2.75) is 0 Å². The molecule has 1 heteroatoms. The molecule has 0 heterocycles. The Morgan fingerprint density at radius 1 is 0.265 bits per heavy atom. The summed E-state index contributed by atoms with van der Waals surface area (Å²) in [6.07, 6.45) is 0. The van der Waals surface area contributed by atoms with Gasteiger partial charge in [0, 0.05) is 16.6 Å². The molecular formula is C48H33N. The van der Waals surface area contributed by atoms with E-state index in [2.05, 4.69) is 205 Å². The van der Waals surface area contributed by atoms with Gasteiger partial charge in [-0.1, -0.05) is 176 Å². The van der Waals surface area contributed by atoms with E-state index in [1.54, 1.807) is 0 Å². The van der Waals surface area contributed by atoms with E-state index in [9.17, 15) is 0 Å². The summed E-state index contributed by atoms with van der Waals surface area (Å²) in [5.41, 5.74) is 10.6. The molecule has 0 amide bonds. The molecule has 0 aliphatic heterocycles. The zero-order valence-electron chi connectivity index (χ0n) is 27.0. The van der Waals surface area contributed by atoms with Gasteiger partial charge in [0.2, 0.25) is 0 Å². The molecule has 0 fully saturated rings. The van der Waals surface area contributed by atoms with Crippen molar-refractivity contribution < 1.29 is 0 Å². The second kappa shape index (κ2) is 12.3. The molecule has 0 saturated carbocycles. The fourth-order valence-corrected chi connectivity index (χ4v) is 7.30. The van der Waals surface area contributed by atoms with Crippen molar-refractivity contribution in [2.75, 3.05) is 4.90 Å². The molecule has 9 aromatic rings. The van der Waals surface area contributed by atoms with Crippen LogP contribution in [0.1, 0.15) is 0 Å². The molecule has 0 unspecified atom stereocenters. The van der Waals surface area contributed by atoms with Gasteiger partial charge in [-0.3, -0.25) is 0 Å². The topological polar surface area (TPSA) is 3.24 Å². The Morgan fingerprint density at radius 3 is 1.67 bits per heavy atom. The van der Waals surface area contributed by atoms with Crippen molar-refractivity contribution in [1.82, 2.24) is 0 Å². The second-order valence-corrected chi connectivity index (χ2v) is 12.5. The molecule has 49 heavy (non-hydrogen) atoms. The maximum absolute atomic E-state index is 2.44. The number of fused-ring (bicyclic) bond motifs is 4. The van der Waals surface area contributed by atoms with Gasteiger partial charge in [0.25, 0.3) is 0 Å². The first kappa shape index (κ1) is 28.8. The van der Waals surface area contributed by atoms with Crippen LogP contribution in [0.25, 0.3) is 65.7 Å². The molecular weight excluding hydrogens is 591 g/mol. The minimum absolute atomic E-state index is 1.11. The van der Waals surface area contributed by atoms with Crippen LogP contribution in [-0.4, -0.2) is 0 Å². The van der Waals surface area contributed by atoms with Gasteiger partial charge in [-0.15, -0.1) is 0 Å². The summed E-state index contributed by atoms with van der Waals surface area (Å²) in [6.45, 7) is 0. The van der Waals surface area contributed by atoms with Gasteiger partial charge >= 0.3 is 0 Å². The Bertz CT molecular complexity index is 2590. The third kappa shape index (κ3) is 5.23. The summed E-state index contributed by atoms with van der Waals surface area (Å²) in [5.74, 6) is 0. The number of hydrogen-bond acceptors (Lipinski definition) is 1. The van der Waals surface area contributed by atoms with Crippen molar-refractivity contribution in [2.24, 2.45) is 0 Å². The van der Waals surface area contributed by atoms with E-state index in [1.165, 1.54) is 65.7 Å². The Balaban J connectivity index is 1.23. The largest absolute Gasteiger partial charge is 0.309 e. The molecule has 9 aromatic carbocycles. The molecule has 0 bridgehead atoms.